The van der Waals surface area contributed by atoms with Crippen LogP contribution in [-0.2, 0) is 14.8 Å². The number of carboxylic acids is 1. The number of carbonyl (C=O) groups excluding carboxylic acids is 1. The molecule has 8 nitrogen and oxygen atoms in total. The van der Waals surface area contributed by atoms with Crippen molar-refractivity contribution in [3.05, 3.63) is 17.0 Å². The van der Waals surface area contributed by atoms with Gasteiger partial charge in [-0.25, -0.2) is 17.9 Å². The summed E-state index contributed by atoms with van der Waals surface area (Å²) in [5.41, 5.74) is 0. The van der Waals surface area contributed by atoms with Crippen molar-refractivity contribution in [3.8, 4) is 0 Å². The molecule has 134 valence electrons. The van der Waals surface area contributed by atoms with E-state index >= 15 is 0 Å². The lowest BCUT2D eigenvalue weighted by atomic mass is 9.97. The lowest BCUT2D eigenvalue weighted by Gasteiger charge is -2.30. The van der Waals surface area contributed by atoms with Crippen molar-refractivity contribution < 1.29 is 23.1 Å². The molecule has 0 spiro atoms. The van der Waals surface area contributed by atoms with Crippen LogP contribution in [-0.4, -0.2) is 56.6 Å². The van der Waals surface area contributed by atoms with Crippen LogP contribution in [0.3, 0.4) is 0 Å². The second-order valence-corrected chi connectivity index (χ2v) is 8.88. The highest BCUT2D eigenvalue weighted by Crippen LogP contribution is 2.20. The Labute approximate surface area is 144 Å². The molecule has 2 rings (SSSR count). The van der Waals surface area contributed by atoms with Gasteiger partial charge in [-0.15, -0.1) is 11.3 Å². The number of sulfonamides is 1. The fourth-order valence-corrected chi connectivity index (χ4v) is 4.78. The summed E-state index contributed by atoms with van der Waals surface area (Å²) in [6.07, 6.45) is 0.875. The molecule has 0 atom stereocenters. The van der Waals surface area contributed by atoms with E-state index in [1.54, 1.807) is 17.0 Å². The molecule has 0 aromatic carbocycles. The third-order valence-corrected chi connectivity index (χ3v) is 6.76. The Hall–Kier alpha value is -1.65. The number of aliphatic carboxylic acids is 1. The summed E-state index contributed by atoms with van der Waals surface area (Å²) in [4.78, 5) is 25.3. The molecular formula is C14H21N3O5S2. The highest BCUT2D eigenvalue weighted by atomic mass is 32.2. The number of thiophene rings is 1. The first-order valence-corrected chi connectivity index (χ1v) is 9.91. The Morgan fingerprint density at radius 3 is 2.50 bits per heavy atom. The maximum absolute atomic E-state index is 12.0. The van der Waals surface area contributed by atoms with E-state index in [4.69, 9.17) is 5.11 Å². The molecule has 0 bridgehead atoms. The third kappa shape index (κ3) is 4.92. The summed E-state index contributed by atoms with van der Waals surface area (Å²) in [6, 6.07) is 2.99. The maximum atomic E-state index is 12.0. The van der Waals surface area contributed by atoms with Crippen molar-refractivity contribution in [1.82, 2.24) is 14.9 Å². The van der Waals surface area contributed by atoms with E-state index in [0.29, 0.717) is 25.9 Å². The smallest absolute Gasteiger partial charge is 0.317 e. The number of urea groups is 1. The fourth-order valence-electron chi connectivity index (χ4n) is 2.42. The van der Waals surface area contributed by atoms with Crippen LogP contribution in [0, 0.1) is 12.8 Å². The Balaban J connectivity index is 1.71. The molecule has 0 aliphatic carbocycles. The minimum Gasteiger partial charge on any atom is -0.481 e. The Bertz CT molecular complexity index is 693. The summed E-state index contributed by atoms with van der Waals surface area (Å²) >= 11 is 1.19. The monoisotopic (exact) mass is 375 g/mol. The number of likely N-dealkylation sites (tertiary alicyclic amines) is 1. The zero-order chi connectivity index (χ0) is 17.7. The summed E-state index contributed by atoms with van der Waals surface area (Å²) in [5, 5.41) is 11.6. The molecule has 24 heavy (non-hydrogen) atoms. The molecule has 1 saturated heterocycles. The number of rotatable bonds is 6. The van der Waals surface area contributed by atoms with Gasteiger partial charge in [0.25, 0.3) is 0 Å². The number of hydrogen-bond donors (Lipinski definition) is 3. The number of aryl methyl sites for hydroxylation is 1. The van der Waals surface area contributed by atoms with Gasteiger partial charge >= 0.3 is 12.0 Å². The molecule has 2 heterocycles. The highest BCUT2D eigenvalue weighted by Gasteiger charge is 2.26. The van der Waals surface area contributed by atoms with Crippen LogP contribution in [0.4, 0.5) is 4.79 Å². The zero-order valence-electron chi connectivity index (χ0n) is 13.3. The lowest BCUT2D eigenvalue weighted by molar-refractivity contribution is -0.143. The summed E-state index contributed by atoms with van der Waals surface area (Å²) in [7, 11) is -3.54. The topological polar surface area (TPSA) is 116 Å². The van der Waals surface area contributed by atoms with E-state index in [0.717, 1.165) is 4.88 Å². The van der Waals surface area contributed by atoms with Crippen LogP contribution in [0.25, 0.3) is 0 Å². The third-order valence-electron chi connectivity index (χ3n) is 3.81. The van der Waals surface area contributed by atoms with E-state index in [1.165, 1.54) is 11.3 Å². The number of nitrogens with zero attached hydrogens (tertiary/aromatic N) is 1. The van der Waals surface area contributed by atoms with Gasteiger partial charge in [0, 0.05) is 31.1 Å². The number of carbonyl (C=O) groups is 2. The highest BCUT2D eigenvalue weighted by molar-refractivity contribution is 7.91. The summed E-state index contributed by atoms with van der Waals surface area (Å²) < 4.78 is 26.7. The van der Waals surface area contributed by atoms with Crippen LogP contribution < -0.4 is 10.0 Å². The zero-order valence-corrected chi connectivity index (χ0v) is 15.0. The van der Waals surface area contributed by atoms with Crippen molar-refractivity contribution in [2.45, 2.75) is 24.0 Å². The molecule has 1 aromatic heterocycles. The number of hydrogen-bond acceptors (Lipinski definition) is 5. The van der Waals surface area contributed by atoms with Gasteiger partial charge in [-0.3, -0.25) is 4.79 Å². The van der Waals surface area contributed by atoms with Crippen LogP contribution in [0.2, 0.25) is 0 Å². The van der Waals surface area contributed by atoms with E-state index < -0.39 is 21.9 Å². The van der Waals surface area contributed by atoms with Crippen molar-refractivity contribution in [2.24, 2.45) is 5.92 Å². The molecule has 1 aromatic rings. The normalized spacial score (nSPS) is 16.1. The molecule has 3 N–H and O–H groups in total. The van der Waals surface area contributed by atoms with Crippen molar-refractivity contribution in [3.63, 3.8) is 0 Å². The molecule has 1 aliphatic heterocycles. The van der Waals surface area contributed by atoms with E-state index in [1.807, 2.05) is 6.92 Å². The van der Waals surface area contributed by atoms with Gasteiger partial charge in [0.1, 0.15) is 4.21 Å². The molecule has 1 fully saturated rings. The number of nitrogens with one attached hydrogen (secondary N) is 2. The molecular weight excluding hydrogens is 354 g/mol. The standard InChI is InChI=1S/C14H21N3O5S2/c1-10-2-3-12(23-10)24(21,22)16-7-6-15-14(20)17-8-4-11(5-9-17)13(18)19/h2-3,11,16H,4-9H2,1H3,(H,15,20)(H,18,19). The second-order valence-electron chi connectivity index (χ2n) is 5.59. The van der Waals surface area contributed by atoms with Gasteiger partial charge in [-0.2, -0.15) is 0 Å². The first-order valence-electron chi connectivity index (χ1n) is 7.61. The first-order chi connectivity index (χ1) is 11.3. The average molecular weight is 375 g/mol. The number of amides is 2. The molecule has 0 saturated carbocycles. The predicted octanol–water partition coefficient (Wildman–Crippen LogP) is 0.841. The van der Waals surface area contributed by atoms with Crippen LogP contribution in [0.1, 0.15) is 17.7 Å². The van der Waals surface area contributed by atoms with Crippen LogP contribution >= 0.6 is 11.3 Å². The quantitative estimate of drug-likeness (QED) is 0.637. The molecule has 1 aliphatic rings. The average Bonchev–Trinajstić information content (AvgIpc) is 2.99. The van der Waals surface area contributed by atoms with E-state index in [-0.39, 0.29) is 23.3 Å². The van der Waals surface area contributed by atoms with E-state index in [9.17, 15) is 18.0 Å². The van der Waals surface area contributed by atoms with Gasteiger partial charge in [-0.1, -0.05) is 0 Å². The Kier molecular flexibility index (Phi) is 6.19. The maximum Gasteiger partial charge on any atom is 0.317 e. The van der Waals surface area contributed by atoms with Crippen LogP contribution in [0.15, 0.2) is 16.3 Å². The molecule has 0 unspecified atom stereocenters. The number of piperidine rings is 1. The molecule has 2 amide bonds. The van der Waals surface area contributed by atoms with Crippen molar-refractivity contribution in [2.75, 3.05) is 26.2 Å². The Morgan fingerprint density at radius 2 is 1.96 bits per heavy atom. The summed E-state index contributed by atoms with van der Waals surface area (Å²) in [5.74, 6) is -1.22. The van der Waals surface area contributed by atoms with Gasteiger partial charge in [0.05, 0.1) is 5.92 Å². The van der Waals surface area contributed by atoms with Crippen molar-refractivity contribution >= 4 is 33.4 Å². The van der Waals surface area contributed by atoms with E-state index in [2.05, 4.69) is 10.0 Å². The minimum absolute atomic E-state index is 0.0939. The summed E-state index contributed by atoms with van der Waals surface area (Å²) in [6.45, 7) is 2.88. The molecule has 0 radical (unpaired) electrons. The molecule has 10 heteroatoms. The minimum atomic E-state index is -3.54. The van der Waals surface area contributed by atoms with Gasteiger partial charge in [-0.05, 0) is 31.9 Å². The van der Waals surface area contributed by atoms with Crippen molar-refractivity contribution in [1.29, 1.82) is 0 Å². The fraction of sp³-hybridized carbons (Fsp3) is 0.571. The lowest BCUT2D eigenvalue weighted by Crippen LogP contribution is -2.47. The SMILES string of the molecule is Cc1ccc(S(=O)(=O)NCCNC(=O)N2CCC(C(=O)O)CC2)s1. The van der Waals surface area contributed by atoms with Crippen LogP contribution in [0.5, 0.6) is 0 Å². The van der Waals surface area contributed by atoms with Gasteiger partial charge in [0.15, 0.2) is 0 Å². The van der Waals surface area contributed by atoms with Gasteiger partial charge < -0.3 is 15.3 Å². The predicted molar refractivity (Wildman–Crippen MR) is 89.6 cm³/mol. The largest absolute Gasteiger partial charge is 0.481 e. The second kappa shape index (κ2) is 7.95. The Morgan fingerprint density at radius 1 is 1.29 bits per heavy atom. The number of carboxylic acid groups (broad SMARTS) is 1. The first kappa shape index (κ1) is 18.7. The van der Waals surface area contributed by atoms with Gasteiger partial charge in [0.2, 0.25) is 10.0 Å².